The highest BCUT2D eigenvalue weighted by molar-refractivity contribution is 6.08. The first kappa shape index (κ1) is 19.5. The van der Waals surface area contributed by atoms with E-state index in [0.29, 0.717) is 42.9 Å². The van der Waals surface area contributed by atoms with Crippen molar-refractivity contribution in [3.63, 3.8) is 0 Å². The van der Waals surface area contributed by atoms with Crippen LogP contribution in [0.3, 0.4) is 0 Å². The zero-order valence-electron chi connectivity index (χ0n) is 16.9. The molecule has 2 aromatic carbocycles. The van der Waals surface area contributed by atoms with Gasteiger partial charge in [0.25, 0.3) is 5.91 Å². The SMILES string of the molecule is CC1CN(C(=O)c2ccc(O)c3ccccc23)CCN1C(=O)CC1C=CCCC1. The maximum Gasteiger partial charge on any atom is 0.254 e. The van der Waals surface area contributed by atoms with Crippen molar-refractivity contribution in [2.45, 2.75) is 38.6 Å². The van der Waals surface area contributed by atoms with Crippen molar-refractivity contribution in [2.24, 2.45) is 5.92 Å². The summed E-state index contributed by atoms with van der Waals surface area (Å²) >= 11 is 0. The molecule has 1 fully saturated rings. The number of carbonyl (C=O) groups is 2. The Hall–Kier alpha value is -2.82. The first-order valence-corrected chi connectivity index (χ1v) is 10.5. The maximum atomic E-state index is 13.2. The Morgan fingerprint density at radius 3 is 2.62 bits per heavy atom. The average Bonchev–Trinajstić information content (AvgIpc) is 2.74. The van der Waals surface area contributed by atoms with Gasteiger partial charge >= 0.3 is 0 Å². The summed E-state index contributed by atoms with van der Waals surface area (Å²) in [5.74, 6) is 0.677. The van der Waals surface area contributed by atoms with Gasteiger partial charge < -0.3 is 14.9 Å². The van der Waals surface area contributed by atoms with E-state index < -0.39 is 0 Å². The second-order valence-corrected chi connectivity index (χ2v) is 8.19. The van der Waals surface area contributed by atoms with E-state index >= 15 is 0 Å². The lowest BCUT2D eigenvalue weighted by Crippen LogP contribution is -2.55. The minimum absolute atomic E-state index is 0.00357. The lowest BCUT2D eigenvalue weighted by atomic mass is 9.92. The Kier molecular flexibility index (Phi) is 5.56. The Labute approximate surface area is 171 Å². The van der Waals surface area contributed by atoms with Crippen LogP contribution in [0.1, 0.15) is 43.0 Å². The molecule has 1 aliphatic carbocycles. The van der Waals surface area contributed by atoms with Gasteiger partial charge in [0.05, 0.1) is 0 Å². The molecule has 0 bridgehead atoms. The Balaban J connectivity index is 1.45. The highest BCUT2D eigenvalue weighted by Gasteiger charge is 2.31. The number of fused-ring (bicyclic) bond motifs is 1. The largest absolute Gasteiger partial charge is 0.507 e. The Morgan fingerprint density at radius 1 is 1.10 bits per heavy atom. The number of hydrogen-bond donors (Lipinski definition) is 1. The van der Waals surface area contributed by atoms with Gasteiger partial charge in [0, 0.05) is 43.0 Å². The molecule has 1 saturated heterocycles. The summed E-state index contributed by atoms with van der Waals surface area (Å²) in [6.45, 7) is 3.64. The van der Waals surface area contributed by atoms with Crippen molar-refractivity contribution < 1.29 is 14.7 Å². The molecule has 0 spiro atoms. The van der Waals surface area contributed by atoms with Gasteiger partial charge in [0.15, 0.2) is 0 Å². The number of hydrogen-bond acceptors (Lipinski definition) is 3. The van der Waals surface area contributed by atoms with Crippen molar-refractivity contribution >= 4 is 22.6 Å². The van der Waals surface area contributed by atoms with E-state index in [2.05, 4.69) is 12.2 Å². The molecule has 2 aromatic rings. The van der Waals surface area contributed by atoms with E-state index in [1.54, 1.807) is 12.1 Å². The monoisotopic (exact) mass is 392 g/mol. The van der Waals surface area contributed by atoms with Crippen LogP contribution >= 0.6 is 0 Å². The van der Waals surface area contributed by atoms with Gasteiger partial charge in [0.1, 0.15) is 5.75 Å². The summed E-state index contributed by atoms with van der Waals surface area (Å²) in [5.41, 5.74) is 0.595. The van der Waals surface area contributed by atoms with E-state index in [0.717, 1.165) is 24.6 Å². The molecule has 29 heavy (non-hydrogen) atoms. The van der Waals surface area contributed by atoms with Crippen LogP contribution in [0, 0.1) is 5.92 Å². The van der Waals surface area contributed by atoms with Crippen molar-refractivity contribution in [3.8, 4) is 5.75 Å². The molecule has 1 N–H and O–H groups in total. The van der Waals surface area contributed by atoms with Crippen LogP contribution in [-0.4, -0.2) is 52.4 Å². The zero-order chi connectivity index (χ0) is 20.4. The number of phenols is 1. The molecule has 2 unspecified atom stereocenters. The van der Waals surface area contributed by atoms with Crippen LogP contribution in [0.5, 0.6) is 5.75 Å². The van der Waals surface area contributed by atoms with Crippen LogP contribution in [0.2, 0.25) is 0 Å². The van der Waals surface area contributed by atoms with E-state index in [1.807, 2.05) is 41.0 Å². The van der Waals surface area contributed by atoms with Crippen LogP contribution < -0.4 is 0 Å². The number of piperazine rings is 1. The highest BCUT2D eigenvalue weighted by atomic mass is 16.3. The summed E-state index contributed by atoms with van der Waals surface area (Å²) in [4.78, 5) is 29.8. The van der Waals surface area contributed by atoms with Crippen LogP contribution in [-0.2, 0) is 4.79 Å². The molecule has 2 aliphatic rings. The third-order valence-electron chi connectivity index (χ3n) is 6.16. The van der Waals surface area contributed by atoms with Crippen molar-refractivity contribution in [3.05, 3.63) is 54.1 Å². The molecule has 2 amide bonds. The third-order valence-corrected chi connectivity index (χ3v) is 6.16. The second kappa shape index (κ2) is 8.27. The predicted octanol–water partition coefficient (Wildman–Crippen LogP) is 3.96. The normalized spacial score (nSPS) is 22.1. The quantitative estimate of drug-likeness (QED) is 0.804. The number of benzene rings is 2. The summed E-state index contributed by atoms with van der Waals surface area (Å²) < 4.78 is 0. The van der Waals surface area contributed by atoms with Gasteiger partial charge in [0.2, 0.25) is 5.91 Å². The fourth-order valence-electron chi connectivity index (χ4n) is 4.55. The zero-order valence-corrected chi connectivity index (χ0v) is 16.9. The number of nitrogens with zero attached hydrogens (tertiary/aromatic N) is 2. The number of amides is 2. The second-order valence-electron chi connectivity index (χ2n) is 8.19. The number of allylic oxidation sites excluding steroid dienone is 2. The minimum atomic E-state index is -0.0460. The summed E-state index contributed by atoms with van der Waals surface area (Å²) in [7, 11) is 0. The van der Waals surface area contributed by atoms with Gasteiger partial charge in [-0.2, -0.15) is 0 Å². The molecule has 0 saturated carbocycles. The van der Waals surface area contributed by atoms with Gasteiger partial charge in [-0.05, 0) is 49.6 Å². The van der Waals surface area contributed by atoms with Crippen LogP contribution in [0.25, 0.3) is 10.8 Å². The van der Waals surface area contributed by atoms with E-state index in [-0.39, 0.29) is 23.6 Å². The number of carbonyl (C=O) groups excluding carboxylic acids is 2. The molecule has 0 radical (unpaired) electrons. The van der Waals surface area contributed by atoms with E-state index in [4.69, 9.17) is 0 Å². The minimum Gasteiger partial charge on any atom is -0.507 e. The van der Waals surface area contributed by atoms with Crippen molar-refractivity contribution in [1.82, 2.24) is 9.80 Å². The first-order chi connectivity index (χ1) is 14.0. The molecule has 152 valence electrons. The molecule has 1 aliphatic heterocycles. The standard InChI is InChI=1S/C24H28N2O3/c1-17-16-25(13-14-26(17)23(28)15-18-7-3-2-4-8-18)24(29)21-11-12-22(27)20-10-6-5-9-19(20)21/h3,5-7,9-12,17-18,27H,2,4,8,13-16H2,1H3. The predicted molar refractivity (Wildman–Crippen MR) is 114 cm³/mol. The first-order valence-electron chi connectivity index (χ1n) is 10.5. The Bertz CT molecular complexity index is 952. The molecular weight excluding hydrogens is 364 g/mol. The van der Waals surface area contributed by atoms with E-state index in [1.165, 1.54) is 0 Å². The number of aromatic hydroxyl groups is 1. The fourth-order valence-corrected chi connectivity index (χ4v) is 4.55. The lowest BCUT2D eigenvalue weighted by molar-refractivity contribution is -0.136. The average molecular weight is 392 g/mol. The summed E-state index contributed by atoms with van der Waals surface area (Å²) in [6.07, 6.45) is 8.30. The smallest absolute Gasteiger partial charge is 0.254 e. The highest BCUT2D eigenvalue weighted by Crippen LogP contribution is 2.29. The summed E-state index contributed by atoms with van der Waals surface area (Å²) in [5, 5.41) is 11.5. The molecule has 0 aromatic heterocycles. The van der Waals surface area contributed by atoms with Gasteiger partial charge in [-0.1, -0.05) is 36.4 Å². The van der Waals surface area contributed by atoms with Gasteiger partial charge in [-0.3, -0.25) is 9.59 Å². The Morgan fingerprint density at radius 2 is 1.90 bits per heavy atom. The molecular formula is C24H28N2O3. The molecule has 5 heteroatoms. The molecule has 1 heterocycles. The molecule has 5 nitrogen and oxygen atoms in total. The van der Waals surface area contributed by atoms with Crippen molar-refractivity contribution in [1.29, 1.82) is 0 Å². The van der Waals surface area contributed by atoms with Gasteiger partial charge in [-0.25, -0.2) is 0 Å². The van der Waals surface area contributed by atoms with Crippen LogP contribution in [0.4, 0.5) is 0 Å². The number of phenolic OH excluding ortho intramolecular Hbond substituents is 1. The van der Waals surface area contributed by atoms with Crippen molar-refractivity contribution in [2.75, 3.05) is 19.6 Å². The topological polar surface area (TPSA) is 60.9 Å². The molecule has 2 atom stereocenters. The fraction of sp³-hybridized carbons (Fsp3) is 0.417. The number of rotatable bonds is 3. The van der Waals surface area contributed by atoms with E-state index in [9.17, 15) is 14.7 Å². The third kappa shape index (κ3) is 4.00. The lowest BCUT2D eigenvalue weighted by Gasteiger charge is -2.40. The maximum absolute atomic E-state index is 13.2. The van der Waals surface area contributed by atoms with Gasteiger partial charge in [-0.15, -0.1) is 0 Å². The molecule has 4 rings (SSSR count). The summed E-state index contributed by atoms with van der Waals surface area (Å²) in [6, 6.07) is 10.7. The van der Waals surface area contributed by atoms with Crippen LogP contribution in [0.15, 0.2) is 48.6 Å².